The van der Waals surface area contributed by atoms with E-state index < -0.39 is 0 Å². The maximum atomic E-state index is 13.0. The predicted octanol–water partition coefficient (Wildman–Crippen LogP) is 7.61. The third kappa shape index (κ3) is 5.27. The quantitative estimate of drug-likeness (QED) is 0.197. The highest BCUT2D eigenvalue weighted by atomic mass is 79.9. The van der Waals surface area contributed by atoms with Gasteiger partial charge in [-0.2, -0.15) is 0 Å². The minimum atomic E-state index is -0.295. The van der Waals surface area contributed by atoms with Crippen LogP contribution in [0.4, 0.5) is 5.82 Å². The smallest absolute Gasteiger partial charge is 0.318 e. The lowest BCUT2D eigenvalue weighted by Crippen LogP contribution is -2.23. The molecule has 1 N–H and O–H groups in total. The van der Waals surface area contributed by atoms with E-state index in [2.05, 4.69) is 25.6 Å². The van der Waals surface area contributed by atoms with E-state index in [1.165, 1.54) is 19.3 Å². The van der Waals surface area contributed by atoms with E-state index in [1.54, 1.807) is 0 Å². The molecule has 0 saturated heterocycles. The van der Waals surface area contributed by atoms with Crippen molar-refractivity contribution in [2.24, 2.45) is 0 Å². The van der Waals surface area contributed by atoms with Crippen LogP contribution in [0.2, 0.25) is 0 Å². The number of ether oxygens (including phenoxy) is 1. The van der Waals surface area contributed by atoms with Crippen LogP contribution in [0.25, 0.3) is 16.9 Å². The number of esters is 1. The van der Waals surface area contributed by atoms with E-state index in [-0.39, 0.29) is 11.9 Å². The number of benzene rings is 2. The molecule has 0 aliphatic heterocycles. The van der Waals surface area contributed by atoms with Gasteiger partial charge in [-0.25, -0.2) is 4.98 Å². The average molecular weight is 532 g/mol. The first kappa shape index (κ1) is 23.6. The summed E-state index contributed by atoms with van der Waals surface area (Å²) in [5.74, 6) is 0.974. The number of fused-ring (bicyclic) bond motifs is 1. The van der Waals surface area contributed by atoms with Crippen molar-refractivity contribution in [3.8, 4) is 17.0 Å². The third-order valence-electron chi connectivity index (χ3n) is 6.75. The van der Waals surface area contributed by atoms with Crippen molar-refractivity contribution in [2.75, 3.05) is 5.32 Å². The van der Waals surface area contributed by atoms with Gasteiger partial charge in [0.1, 0.15) is 22.9 Å². The molecular formula is C29H30BrN3O2. The van der Waals surface area contributed by atoms with Gasteiger partial charge in [-0.15, -0.1) is 0 Å². The number of pyridine rings is 1. The van der Waals surface area contributed by atoms with Crippen molar-refractivity contribution < 1.29 is 9.53 Å². The number of anilines is 1. The molecule has 0 radical (unpaired) electrons. The number of halogens is 1. The van der Waals surface area contributed by atoms with Crippen molar-refractivity contribution in [2.45, 2.75) is 57.4 Å². The molecule has 0 bridgehead atoms. The van der Waals surface area contributed by atoms with Crippen LogP contribution in [0.5, 0.6) is 5.75 Å². The Labute approximate surface area is 214 Å². The maximum absolute atomic E-state index is 13.0. The van der Waals surface area contributed by atoms with Gasteiger partial charge in [0, 0.05) is 22.3 Å². The van der Waals surface area contributed by atoms with Crippen LogP contribution in [0.15, 0.2) is 77.4 Å². The maximum Gasteiger partial charge on any atom is 0.318 e. The molecule has 1 atom stereocenters. The largest absolute Gasteiger partial charge is 0.426 e. The molecule has 0 spiro atoms. The van der Waals surface area contributed by atoms with Crippen molar-refractivity contribution in [1.29, 1.82) is 0 Å². The summed E-state index contributed by atoms with van der Waals surface area (Å²) >= 11 is 3.60. The Morgan fingerprint density at radius 2 is 1.89 bits per heavy atom. The molecule has 35 heavy (non-hydrogen) atoms. The molecular weight excluding hydrogens is 502 g/mol. The van der Waals surface area contributed by atoms with Crippen LogP contribution >= 0.6 is 15.9 Å². The van der Waals surface area contributed by atoms with Gasteiger partial charge in [-0.3, -0.25) is 9.20 Å². The second kappa shape index (κ2) is 10.6. The monoisotopic (exact) mass is 531 g/mol. The molecule has 6 heteroatoms. The van der Waals surface area contributed by atoms with Crippen LogP contribution in [0.3, 0.4) is 0 Å². The molecule has 1 aliphatic rings. The number of hydrogen-bond donors (Lipinski definition) is 1. The first-order valence-electron chi connectivity index (χ1n) is 12.4. The van der Waals surface area contributed by atoms with Crippen LogP contribution in [-0.4, -0.2) is 21.4 Å². The lowest BCUT2D eigenvalue weighted by Gasteiger charge is -2.24. The fourth-order valence-electron chi connectivity index (χ4n) is 4.92. The van der Waals surface area contributed by atoms with Gasteiger partial charge in [0.15, 0.2) is 0 Å². The fourth-order valence-corrected chi connectivity index (χ4v) is 5.25. The summed E-state index contributed by atoms with van der Waals surface area (Å²) in [6.45, 7) is 2.01. The molecule has 2 heterocycles. The highest BCUT2D eigenvalue weighted by molar-refractivity contribution is 9.10. The number of nitrogens with one attached hydrogen (secondary N) is 1. The Morgan fingerprint density at radius 3 is 2.66 bits per heavy atom. The summed E-state index contributed by atoms with van der Waals surface area (Å²) in [7, 11) is 0. The van der Waals surface area contributed by atoms with Crippen molar-refractivity contribution in [3.63, 3.8) is 0 Å². The second-order valence-electron chi connectivity index (χ2n) is 9.18. The van der Waals surface area contributed by atoms with E-state index in [0.717, 1.165) is 45.6 Å². The number of nitrogens with zero attached hydrogens (tertiary/aromatic N) is 2. The van der Waals surface area contributed by atoms with E-state index >= 15 is 0 Å². The number of imidazole rings is 1. The van der Waals surface area contributed by atoms with Crippen LogP contribution in [0.1, 0.15) is 56.9 Å². The molecule has 1 unspecified atom stereocenters. The number of aromatic nitrogens is 2. The van der Waals surface area contributed by atoms with Crippen molar-refractivity contribution >= 4 is 33.4 Å². The summed E-state index contributed by atoms with van der Waals surface area (Å²) in [5.41, 5.74) is 3.63. The second-order valence-corrected chi connectivity index (χ2v) is 10.1. The summed E-state index contributed by atoms with van der Waals surface area (Å²) in [6, 6.07) is 21.9. The third-order valence-corrected chi connectivity index (χ3v) is 7.22. The lowest BCUT2D eigenvalue weighted by molar-refractivity contribution is -0.136. The zero-order valence-corrected chi connectivity index (χ0v) is 21.5. The minimum absolute atomic E-state index is 0.240. The van der Waals surface area contributed by atoms with Crippen LogP contribution in [-0.2, 0) is 4.79 Å². The first-order valence-corrected chi connectivity index (χ1v) is 13.2. The molecule has 180 valence electrons. The Bertz CT molecular complexity index is 1310. The van der Waals surface area contributed by atoms with Gasteiger partial charge in [-0.1, -0.05) is 68.7 Å². The highest BCUT2D eigenvalue weighted by Gasteiger charge is 2.23. The highest BCUT2D eigenvalue weighted by Crippen LogP contribution is 2.34. The van der Waals surface area contributed by atoms with E-state index in [1.807, 2.05) is 79.9 Å². The van der Waals surface area contributed by atoms with E-state index in [9.17, 15) is 4.79 Å². The zero-order chi connectivity index (χ0) is 24.2. The van der Waals surface area contributed by atoms with E-state index in [4.69, 9.17) is 9.72 Å². The van der Waals surface area contributed by atoms with Gasteiger partial charge < -0.3 is 10.1 Å². The van der Waals surface area contributed by atoms with Crippen LogP contribution in [0, 0.1) is 0 Å². The molecule has 0 amide bonds. The Hall–Kier alpha value is -3.12. The Morgan fingerprint density at radius 1 is 1.09 bits per heavy atom. The van der Waals surface area contributed by atoms with Gasteiger partial charge in [-0.05, 0) is 65.0 Å². The molecule has 1 aliphatic carbocycles. The fraction of sp³-hybridized carbons (Fsp3) is 0.310. The number of rotatable bonds is 7. The molecule has 2 aromatic carbocycles. The summed E-state index contributed by atoms with van der Waals surface area (Å²) < 4.78 is 8.97. The summed E-state index contributed by atoms with van der Waals surface area (Å²) in [4.78, 5) is 18.0. The SMILES string of the molecule is CCC(C(=O)Oc1cccc(-c2nc3ccc(Br)cn3c2NC2CCCCC2)c1)c1ccccc1. The number of carbonyl (C=O) groups excluding carboxylic acids is 1. The van der Waals surface area contributed by atoms with E-state index in [0.29, 0.717) is 18.2 Å². The van der Waals surface area contributed by atoms with Crippen molar-refractivity contribution in [3.05, 3.63) is 83.0 Å². The molecule has 4 aromatic rings. The Kier molecular flexibility index (Phi) is 7.19. The number of carbonyl (C=O) groups is 1. The van der Waals surface area contributed by atoms with Gasteiger partial charge >= 0.3 is 5.97 Å². The molecule has 5 nitrogen and oxygen atoms in total. The lowest BCUT2D eigenvalue weighted by atomic mass is 9.95. The molecule has 1 saturated carbocycles. The average Bonchev–Trinajstić information content (AvgIpc) is 3.23. The summed E-state index contributed by atoms with van der Waals surface area (Å²) in [6.07, 6.45) is 8.86. The zero-order valence-electron chi connectivity index (χ0n) is 19.9. The molecule has 5 rings (SSSR count). The van der Waals surface area contributed by atoms with Gasteiger partial charge in [0.25, 0.3) is 0 Å². The Balaban J connectivity index is 1.46. The minimum Gasteiger partial charge on any atom is -0.426 e. The normalized spacial score (nSPS) is 15.1. The molecule has 1 fully saturated rings. The number of hydrogen-bond acceptors (Lipinski definition) is 4. The summed E-state index contributed by atoms with van der Waals surface area (Å²) in [5, 5.41) is 3.78. The first-order chi connectivity index (χ1) is 17.1. The predicted molar refractivity (Wildman–Crippen MR) is 144 cm³/mol. The van der Waals surface area contributed by atoms with Gasteiger partial charge in [0.05, 0.1) is 5.92 Å². The van der Waals surface area contributed by atoms with Gasteiger partial charge in [0.2, 0.25) is 0 Å². The topological polar surface area (TPSA) is 55.6 Å². The molecule has 2 aromatic heterocycles. The standard InChI is InChI=1S/C29H30BrN3O2/c1-2-25(20-10-5-3-6-11-20)29(34)35-24-15-9-12-21(18-24)27-28(31-23-13-7-4-8-14-23)33-19-22(30)16-17-26(33)32-27/h3,5-6,9-12,15-19,23,25,31H,2,4,7-8,13-14H2,1H3. The van der Waals surface area contributed by atoms with Crippen LogP contribution < -0.4 is 10.1 Å². The van der Waals surface area contributed by atoms with Crippen molar-refractivity contribution in [1.82, 2.24) is 9.38 Å².